The van der Waals surface area contributed by atoms with Crippen LogP contribution in [0.5, 0.6) is 0 Å². The van der Waals surface area contributed by atoms with Crippen molar-refractivity contribution in [3.8, 4) is 0 Å². The van der Waals surface area contributed by atoms with Crippen molar-refractivity contribution in [2.24, 2.45) is 7.05 Å². The van der Waals surface area contributed by atoms with Gasteiger partial charge in [0.2, 0.25) is 0 Å². The highest BCUT2D eigenvalue weighted by atomic mass is 127. The largest absolute Gasteiger partial charge is 0.416 e. The molecule has 0 fully saturated rings. The Kier molecular flexibility index (Phi) is 5.50. The van der Waals surface area contributed by atoms with E-state index < -0.39 is 11.7 Å². The number of hydrogen-bond acceptors (Lipinski definition) is 3. The minimum atomic E-state index is -4.40. The van der Waals surface area contributed by atoms with Gasteiger partial charge in [0, 0.05) is 13.2 Å². The van der Waals surface area contributed by atoms with Gasteiger partial charge < -0.3 is 5.32 Å². The molecule has 0 aliphatic rings. The zero-order valence-corrected chi connectivity index (χ0v) is 17.5. The number of benzene rings is 1. The van der Waals surface area contributed by atoms with Crippen LogP contribution in [0.15, 0.2) is 30.5 Å². The number of carbonyl (C=O) groups excluding carboxylic acids is 1. The van der Waals surface area contributed by atoms with E-state index in [1.54, 1.807) is 42.5 Å². The molecule has 0 spiro atoms. The Morgan fingerprint density at radius 1 is 1.25 bits per heavy atom. The van der Waals surface area contributed by atoms with E-state index in [9.17, 15) is 18.0 Å². The molecule has 0 saturated carbocycles. The van der Waals surface area contributed by atoms with E-state index in [2.05, 4.69) is 15.5 Å². The topological polar surface area (TPSA) is 64.7 Å². The number of aryl methyl sites for hydroxylation is 2. The number of amides is 1. The van der Waals surface area contributed by atoms with Crippen LogP contribution in [0.1, 0.15) is 33.0 Å². The number of rotatable bonds is 4. The highest BCUT2D eigenvalue weighted by molar-refractivity contribution is 14.1. The molecule has 148 valence electrons. The maximum absolute atomic E-state index is 12.9. The van der Waals surface area contributed by atoms with Gasteiger partial charge in [-0.3, -0.25) is 14.2 Å². The van der Waals surface area contributed by atoms with Gasteiger partial charge in [0.25, 0.3) is 5.91 Å². The quantitative estimate of drug-likeness (QED) is 0.545. The molecule has 1 amide bonds. The number of alkyl halides is 3. The van der Waals surface area contributed by atoms with E-state index in [0.717, 1.165) is 12.1 Å². The van der Waals surface area contributed by atoms with E-state index in [1.807, 2.05) is 22.6 Å². The minimum Gasteiger partial charge on any atom is -0.317 e. The third-order valence-corrected chi connectivity index (χ3v) is 5.00. The predicted molar refractivity (Wildman–Crippen MR) is 106 cm³/mol. The van der Waals surface area contributed by atoms with Crippen LogP contribution < -0.4 is 5.32 Å². The van der Waals surface area contributed by atoms with E-state index in [4.69, 9.17) is 0 Å². The number of halogens is 4. The molecule has 0 saturated heterocycles. The molecule has 0 aliphatic carbocycles. The number of hydrogen-bond donors (Lipinski definition) is 1. The average Bonchev–Trinajstić information content (AvgIpc) is 3.07. The Labute approximate surface area is 172 Å². The lowest BCUT2D eigenvalue weighted by atomic mass is 10.1. The molecular formula is C18H17F3IN5O. The molecule has 2 heterocycles. The Morgan fingerprint density at radius 3 is 2.57 bits per heavy atom. The van der Waals surface area contributed by atoms with Gasteiger partial charge >= 0.3 is 6.18 Å². The Morgan fingerprint density at radius 2 is 1.96 bits per heavy atom. The van der Waals surface area contributed by atoms with Gasteiger partial charge in [0.1, 0.15) is 0 Å². The van der Waals surface area contributed by atoms with Crippen LogP contribution in [0, 0.1) is 17.4 Å². The van der Waals surface area contributed by atoms with Gasteiger partial charge in [-0.15, -0.1) is 0 Å². The van der Waals surface area contributed by atoms with Gasteiger partial charge in [-0.25, -0.2) is 0 Å². The second kappa shape index (κ2) is 7.57. The fraction of sp³-hybridized carbons (Fsp3) is 0.278. The molecule has 0 atom stereocenters. The fourth-order valence-electron chi connectivity index (χ4n) is 2.84. The van der Waals surface area contributed by atoms with Crippen molar-refractivity contribution in [3.05, 3.63) is 62.2 Å². The van der Waals surface area contributed by atoms with Crippen molar-refractivity contribution < 1.29 is 18.0 Å². The molecule has 0 unspecified atom stereocenters. The van der Waals surface area contributed by atoms with Crippen molar-refractivity contribution in [3.63, 3.8) is 0 Å². The zero-order chi connectivity index (χ0) is 20.6. The lowest BCUT2D eigenvalue weighted by molar-refractivity contribution is -0.137. The summed E-state index contributed by atoms with van der Waals surface area (Å²) in [6, 6.07) is 5.12. The Balaban J connectivity index is 1.84. The second-order valence-corrected chi connectivity index (χ2v) is 7.52. The van der Waals surface area contributed by atoms with Gasteiger partial charge in [-0.1, -0.05) is 12.1 Å². The molecule has 6 nitrogen and oxygen atoms in total. The summed E-state index contributed by atoms with van der Waals surface area (Å²) in [5.74, 6) is -0.366. The van der Waals surface area contributed by atoms with Gasteiger partial charge in [0.05, 0.1) is 32.8 Å². The van der Waals surface area contributed by atoms with Crippen molar-refractivity contribution >= 4 is 34.2 Å². The first-order chi connectivity index (χ1) is 13.1. The summed E-state index contributed by atoms with van der Waals surface area (Å²) in [5.41, 5.74) is 1.81. The molecule has 0 bridgehead atoms. The van der Waals surface area contributed by atoms with Crippen molar-refractivity contribution in [1.29, 1.82) is 0 Å². The van der Waals surface area contributed by atoms with Crippen LogP contribution in [0.25, 0.3) is 0 Å². The Hall–Kier alpha value is -2.37. The summed E-state index contributed by atoms with van der Waals surface area (Å²) in [6.07, 6.45) is -2.67. The fourth-order valence-corrected chi connectivity index (χ4v) is 3.59. The highest BCUT2D eigenvalue weighted by Gasteiger charge is 2.30. The molecule has 1 N–H and O–H groups in total. The van der Waals surface area contributed by atoms with Crippen molar-refractivity contribution in [1.82, 2.24) is 19.6 Å². The monoisotopic (exact) mass is 503 g/mol. The summed E-state index contributed by atoms with van der Waals surface area (Å²) in [5, 5.41) is 11.3. The number of anilines is 1. The normalized spacial score (nSPS) is 11.7. The summed E-state index contributed by atoms with van der Waals surface area (Å²) in [4.78, 5) is 12.5. The maximum Gasteiger partial charge on any atom is 0.416 e. The number of nitrogens with zero attached hydrogens (tertiary/aromatic N) is 4. The van der Waals surface area contributed by atoms with E-state index in [1.165, 1.54) is 6.07 Å². The summed E-state index contributed by atoms with van der Waals surface area (Å²) >= 11 is 2.03. The van der Waals surface area contributed by atoms with E-state index in [-0.39, 0.29) is 12.5 Å². The van der Waals surface area contributed by atoms with Crippen LogP contribution in [0.4, 0.5) is 18.9 Å². The molecule has 2 aromatic heterocycles. The highest BCUT2D eigenvalue weighted by Crippen LogP contribution is 2.30. The van der Waals surface area contributed by atoms with Crippen LogP contribution in [0.2, 0.25) is 0 Å². The van der Waals surface area contributed by atoms with Crippen LogP contribution in [0.3, 0.4) is 0 Å². The van der Waals surface area contributed by atoms with Crippen LogP contribution in [-0.2, 0) is 19.8 Å². The standard InChI is InChI=1S/C18H17F3IN5O/c1-10-15(23-17(28)16-14(22)9-26(3)25-16)11(2)27(24-10)8-12-5-4-6-13(7-12)18(19,20)21/h4-7,9H,8H2,1-3H3,(H,23,28). The lowest BCUT2D eigenvalue weighted by Gasteiger charge is -2.10. The van der Waals surface area contributed by atoms with E-state index in [0.29, 0.717) is 31.9 Å². The van der Waals surface area contributed by atoms with Gasteiger partial charge in [0.15, 0.2) is 5.69 Å². The zero-order valence-electron chi connectivity index (χ0n) is 15.3. The maximum atomic E-state index is 12.9. The van der Waals surface area contributed by atoms with E-state index >= 15 is 0 Å². The predicted octanol–water partition coefficient (Wildman–Crippen LogP) is 4.16. The van der Waals surface area contributed by atoms with Crippen LogP contribution in [-0.4, -0.2) is 25.5 Å². The Bertz CT molecular complexity index is 1040. The van der Waals surface area contributed by atoms with Crippen molar-refractivity contribution in [2.45, 2.75) is 26.6 Å². The molecular weight excluding hydrogens is 486 g/mol. The molecule has 28 heavy (non-hydrogen) atoms. The molecule has 1 aromatic carbocycles. The third-order valence-electron chi connectivity index (χ3n) is 4.21. The van der Waals surface area contributed by atoms with Crippen LogP contribution >= 0.6 is 22.6 Å². The van der Waals surface area contributed by atoms with Gasteiger partial charge in [-0.05, 0) is 54.1 Å². The molecule has 3 aromatic rings. The molecule has 10 heteroatoms. The minimum absolute atomic E-state index is 0.160. The number of nitrogens with one attached hydrogen (secondary N) is 1. The summed E-state index contributed by atoms with van der Waals surface area (Å²) in [7, 11) is 1.72. The first kappa shape index (κ1) is 20.4. The van der Waals surface area contributed by atoms with Crippen molar-refractivity contribution in [2.75, 3.05) is 5.32 Å². The molecule has 0 radical (unpaired) electrons. The second-order valence-electron chi connectivity index (χ2n) is 6.36. The van der Waals surface area contributed by atoms with Gasteiger partial charge in [-0.2, -0.15) is 23.4 Å². The molecule has 3 rings (SSSR count). The summed E-state index contributed by atoms with van der Waals surface area (Å²) < 4.78 is 42.6. The lowest BCUT2D eigenvalue weighted by Crippen LogP contribution is -2.15. The number of carbonyl (C=O) groups is 1. The third kappa shape index (κ3) is 4.21. The summed E-state index contributed by atoms with van der Waals surface area (Å²) in [6.45, 7) is 3.65. The number of aromatic nitrogens is 4. The first-order valence-corrected chi connectivity index (χ1v) is 9.34. The average molecular weight is 503 g/mol. The smallest absolute Gasteiger partial charge is 0.317 e. The SMILES string of the molecule is Cc1nn(Cc2cccc(C(F)(F)F)c2)c(C)c1NC(=O)c1nn(C)cc1I. The molecule has 0 aliphatic heterocycles. The first-order valence-electron chi connectivity index (χ1n) is 8.27.